The molecule has 0 radical (unpaired) electrons. The topological polar surface area (TPSA) is 246 Å². The highest BCUT2D eigenvalue weighted by atomic mass is 32.2. The fourth-order valence-electron chi connectivity index (χ4n) is 4.76. The summed E-state index contributed by atoms with van der Waals surface area (Å²) in [4.78, 5) is 75.4. The zero-order valence-corrected chi connectivity index (χ0v) is 25.6. The van der Waals surface area contributed by atoms with Gasteiger partial charge in [-0.3, -0.25) is 29.2 Å². The predicted molar refractivity (Wildman–Crippen MR) is 161 cm³/mol. The van der Waals surface area contributed by atoms with Crippen LogP contribution in [0, 0.1) is 0 Å². The number of thioether (sulfide) groups is 2. The number of urea groups is 1. The van der Waals surface area contributed by atoms with E-state index < -0.39 is 46.8 Å². The van der Waals surface area contributed by atoms with Crippen LogP contribution in [0.2, 0.25) is 0 Å². The van der Waals surface area contributed by atoms with Crippen molar-refractivity contribution in [2.75, 3.05) is 35.4 Å². The summed E-state index contributed by atoms with van der Waals surface area (Å²) in [7, 11) is 4.92. The van der Waals surface area contributed by atoms with Gasteiger partial charge in [-0.15, -0.1) is 16.9 Å². The Morgan fingerprint density at radius 3 is 2.53 bits per heavy atom. The molecule has 5 rings (SSSR count). The summed E-state index contributed by atoms with van der Waals surface area (Å²) in [6.07, 6.45) is 1.09. The van der Waals surface area contributed by atoms with E-state index in [1.165, 1.54) is 57.4 Å². The number of anilines is 2. The van der Waals surface area contributed by atoms with Crippen LogP contribution >= 0.6 is 23.5 Å². The predicted octanol–water partition coefficient (Wildman–Crippen LogP) is -0.778. The number of rotatable bonds is 10. The second-order valence-electron chi connectivity index (χ2n) is 10.0. The molecule has 1 saturated heterocycles. The molecule has 0 spiro atoms. The number of aryl methyl sites for hydroxylation is 1. The first-order chi connectivity index (χ1) is 21.4. The Hall–Kier alpha value is -5.11. The molecule has 45 heavy (non-hydrogen) atoms. The molecule has 4 heterocycles. The molecule has 0 aliphatic carbocycles. The Morgan fingerprint density at radius 1 is 1.24 bits per heavy atom. The van der Waals surface area contributed by atoms with Crippen LogP contribution in [-0.4, -0.2) is 106 Å². The van der Waals surface area contributed by atoms with Crippen molar-refractivity contribution in [2.45, 2.75) is 22.6 Å². The monoisotopic (exact) mass is 657 g/mol. The van der Waals surface area contributed by atoms with E-state index in [4.69, 9.17) is 5.73 Å². The number of H-pyrrole nitrogens is 1. The number of aromatic amines is 1. The number of hydrogen-bond acceptors (Lipinski definition) is 13. The summed E-state index contributed by atoms with van der Waals surface area (Å²) in [6, 6.07) is 1.37. The average Bonchev–Trinajstić information content (AvgIpc) is 3.41. The normalized spacial score (nSPS) is 18.1. The first-order valence-electron chi connectivity index (χ1n) is 13.1. The van der Waals surface area contributed by atoms with E-state index in [0.29, 0.717) is 10.7 Å². The fraction of sp³-hybridized carbons (Fsp3) is 0.320. The van der Waals surface area contributed by atoms with Crippen molar-refractivity contribution < 1.29 is 29.4 Å². The zero-order chi connectivity index (χ0) is 32.6. The van der Waals surface area contributed by atoms with Crippen LogP contribution in [0.15, 0.2) is 51.7 Å². The van der Waals surface area contributed by atoms with E-state index in [9.17, 15) is 34.2 Å². The van der Waals surface area contributed by atoms with Gasteiger partial charge in [0.05, 0.1) is 6.20 Å². The number of aromatic hydroxyl groups is 1. The van der Waals surface area contributed by atoms with E-state index in [1.54, 1.807) is 21.1 Å². The summed E-state index contributed by atoms with van der Waals surface area (Å²) < 4.78 is 1.44. The lowest BCUT2D eigenvalue weighted by atomic mass is 10.00. The lowest BCUT2D eigenvalue weighted by molar-refractivity contribution is -0.150. The van der Waals surface area contributed by atoms with E-state index in [2.05, 4.69) is 30.8 Å². The van der Waals surface area contributed by atoms with Crippen LogP contribution in [0.5, 0.6) is 5.75 Å². The zero-order valence-electron chi connectivity index (χ0n) is 23.9. The molecule has 236 valence electrons. The van der Waals surface area contributed by atoms with Crippen LogP contribution in [0.4, 0.5) is 16.4 Å². The quantitative estimate of drug-likeness (QED) is 0.133. The second kappa shape index (κ2) is 12.5. The number of primary amides is 1. The second-order valence-corrected chi connectivity index (χ2v) is 12.1. The Labute approximate surface area is 262 Å². The first-order valence-corrected chi connectivity index (χ1v) is 15.1. The van der Waals surface area contributed by atoms with Gasteiger partial charge in [0.2, 0.25) is 17.0 Å². The van der Waals surface area contributed by atoms with Gasteiger partial charge in [-0.05, 0) is 33.7 Å². The van der Waals surface area contributed by atoms with Crippen molar-refractivity contribution in [1.82, 2.24) is 40.4 Å². The molecule has 4 amide bonds. The number of tetrazole rings is 1. The molecular formula is C25H27N11O7S2. The molecule has 1 aromatic carbocycles. The number of nitrogens with two attached hydrogens (primary N) is 1. The van der Waals surface area contributed by atoms with Gasteiger partial charge in [0, 0.05) is 32.6 Å². The highest BCUT2D eigenvalue weighted by Crippen LogP contribution is 2.42. The van der Waals surface area contributed by atoms with Gasteiger partial charge in [0.25, 0.3) is 11.5 Å². The van der Waals surface area contributed by atoms with Crippen molar-refractivity contribution in [3.8, 4) is 5.75 Å². The van der Waals surface area contributed by atoms with Crippen molar-refractivity contribution in [1.29, 1.82) is 0 Å². The number of aliphatic carboxylic acids is 1. The molecule has 18 nitrogen and oxygen atoms in total. The standard InChI is InChI=1S/C25H27N11O7S2/c1-33(2)24-27-8-14(18(38)29-24)35(23(26)43)16(11-4-6-13(37)7-5-11)19(39)28-15-20(40)36-17(22(41)42)12(9-44-21(15)36)10-45-25-30-31-32-34(25)3/h4-8,15-16,21,37H,9-10H2,1-3H3,(H2,26,43)(H,28,39)(H,41,42)(H,27,29,38)/t15?,16?,21-/m1/s1. The average molecular weight is 658 g/mol. The number of aromatic nitrogens is 6. The van der Waals surface area contributed by atoms with Gasteiger partial charge >= 0.3 is 12.0 Å². The third kappa shape index (κ3) is 6.00. The maximum atomic E-state index is 13.9. The number of fused-ring (bicyclic) bond motifs is 1. The Kier molecular flexibility index (Phi) is 8.68. The van der Waals surface area contributed by atoms with Gasteiger partial charge in [-0.1, -0.05) is 23.9 Å². The number of nitrogens with one attached hydrogen (secondary N) is 2. The number of nitrogens with zero attached hydrogens (tertiary/aromatic N) is 8. The minimum Gasteiger partial charge on any atom is -0.508 e. The van der Waals surface area contributed by atoms with Crippen molar-refractivity contribution >= 4 is 59.0 Å². The molecule has 0 bridgehead atoms. The van der Waals surface area contributed by atoms with Gasteiger partial charge in [-0.2, -0.15) is 0 Å². The van der Waals surface area contributed by atoms with Crippen LogP contribution in [0.25, 0.3) is 0 Å². The van der Waals surface area contributed by atoms with Gasteiger partial charge in [-0.25, -0.2) is 19.3 Å². The van der Waals surface area contributed by atoms with E-state index in [1.807, 2.05) is 0 Å². The first kappa shape index (κ1) is 31.3. The van der Waals surface area contributed by atoms with Gasteiger partial charge in [0.15, 0.2) is 0 Å². The number of carboxylic acid groups (broad SMARTS) is 1. The molecule has 2 aromatic heterocycles. The Morgan fingerprint density at radius 2 is 1.96 bits per heavy atom. The highest BCUT2D eigenvalue weighted by Gasteiger charge is 2.55. The number of β-lactam (4-membered cyclic amide) rings is 1. The van der Waals surface area contributed by atoms with E-state index >= 15 is 0 Å². The summed E-state index contributed by atoms with van der Waals surface area (Å²) >= 11 is 2.47. The maximum absolute atomic E-state index is 13.9. The minimum atomic E-state index is -1.58. The van der Waals surface area contributed by atoms with Crippen molar-refractivity contribution in [3.63, 3.8) is 0 Å². The molecule has 20 heteroatoms. The molecule has 2 unspecified atom stereocenters. The number of amides is 4. The van der Waals surface area contributed by atoms with Crippen LogP contribution in [0.1, 0.15) is 11.6 Å². The molecule has 3 aromatic rings. The van der Waals surface area contributed by atoms with E-state index in [-0.39, 0.29) is 40.2 Å². The van der Waals surface area contributed by atoms with E-state index in [0.717, 1.165) is 16.0 Å². The maximum Gasteiger partial charge on any atom is 0.352 e. The highest BCUT2D eigenvalue weighted by molar-refractivity contribution is 8.01. The largest absolute Gasteiger partial charge is 0.508 e. The third-order valence-electron chi connectivity index (χ3n) is 6.91. The number of phenols is 1. The van der Waals surface area contributed by atoms with Crippen LogP contribution < -0.4 is 26.4 Å². The van der Waals surface area contributed by atoms with Gasteiger partial charge < -0.3 is 26.2 Å². The third-order valence-corrected chi connectivity index (χ3v) is 9.34. The molecule has 2 aliphatic rings. The Bertz CT molecular complexity index is 1760. The number of carbonyl (C=O) groups excluding carboxylic acids is 3. The number of carbonyl (C=O) groups is 4. The lowest BCUT2D eigenvalue weighted by Gasteiger charge is -2.49. The molecule has 6 N–H and O–H groups in total. The SMILES string of the molecule is CN(C)c1ncc(N(C(N)=O)C(C(=O)NC2C(=O)N3C(C(=O)O)=C(CSc4nnnn4C)CS[C@H]23)c2ccc(O)cc2)c(=O)[nH]1. The number of phenolic OH excluding ortho intramolecular Hbond substituents is 1. The summed E-state index contributed by atoms with van der Waals surface area (Å²) in [5.74, 6) is -2.35. The van der Waals surface area contributed by atoms with Gasteiger partial charge in [0.1, 0.15) is 34.6 Å². The number of benzene rings is 1. The molecular weight excluding hydrogens is 630 g/mol. The van der Waals surface area contributed by atoms with Crippen LogP contribution in [0.3, 0.4) is 0 Å². The summed E-state index contributed by atoms with van der Waals surface area (Å²) in [5, 5.41) is 33.3. The Balaban J connectivity index is 1.43. The fourth-order valence-corrected chi connectivity index (χ4v) is 7.09. The van der Waals surface area contributed by atoms with Crippen molar-refractivity contribution in [3.05, 3.63) is 57.6 Å². The smallest absolute Gasteiger partial charge is 0.352 e. The molecule has 1 fully saturated rings. The number of carboxylic acids is 1. The molecule has 0 saturated carbocycles. The van der Waals surface area contributed by atoms with Crippen LogP contribution in [-0.2, 0) is 21.4 Å². The lowest BCUT2D eigenvalue weighted by Crippen LogP contribution is -2.71. The molecule has 3 atom stereocenters. The number of hydrogen-bond donors (Lipinski definition) is 5. The minimum absolute atomic E-state index is 0.126. The van der Waals surface area contributed by atoms with Crippen molar-refractivity contribution in [2.24, 2.45) is 12.8 Å². The summed E-state index contributed by atoms with van der Waals surface area (Å²) in [6.45, 7) is 0. The molecule has 2 aliphatic heterocycles. The summed E-state index contributed by atoms with van der Waals surface area (Å²) in [5.41, 5.74) is 5.03.